The smallest absolute Gasteiger partial charge is 0.311 e. The van der Waals surface area contributed by atoms with E-state index in [0.717, 1.165) is 10.2 Å². The van der Waals surface area contributed by atoms with Gasteiger partial charge in [0.15, 0.2) is 5.69 Å². The second-order valence-corrected chi connectivity index (χ2v) is 6.52. The molecule has 1 aromatic carbocycles. The van der Waals surface area contributed by atoms with Crippen LogP contribution >= 0.6 is 15.9 Å². The summed E-state index contributed by atoms with van der Waals surface area (Å²) in [7, 11) is 0. The maximum Gasteiger partial charge on any atom is 0.311 e. The normalized spacial score (nSPS) is 11.3. The van der Waals surface area contributed by atoms with E-state index < -0.39 is 11.4 Å². The number of nitrogens with zero attached hydrogens (tertiary/aromatic N) is 2. The van der Waals surface area contributed by atoms with E-state index in [9.17, 15) is 14.7 Å². The summed E-state index contributed by atoms with van der Waals surface area (Å²) in [6.07, 6.45) is 2.60. The summed E-state index contributed by atoms with van der Waals surface area (Å²) in [5.41, 5.74) is 0.134. The van der Waals surface area contributed by atoms with Crippen molar-refractivity contribution in [3.05, 3.63) is 46.7 Å². The van der Waals surface area contributed by atoms with Gasteiger partial charge < -0.3 is 10.4 Å². The molecule has 0 radical (unpaired) electrons. The van der Waals surface area contributed by atoms with Gasteiger partial charge in [0.2, 0.25) is 0 Å². The molecule has 128 valence electrons. The first-order valence-electron chi connectivity index (χ1n) is 7.75. The van der Waals surface area contributed by atoms with E-state index in [2.05, 4.69) is 26.3 Å². The van der Waals surface area contributed by atoms with Gasteiger partial charge >= 0.3 is 5.97 Å². The van der Waals surface area contributed by atoms with Crippen molar-refractivity contribution < 1.29 is 14.7 Å². The number of aromatic nitrogens is 2. The average molecular weight is 394 g/mol. The molecule has 0 aliphatic rings. The van der Waals surface area contributed by atoms with Crippen molar-refractivity contribution >= 4 is 27.8 Å². The van der Waals surface area contributed by atoms with Gasteiger partial charge in [-0.25, -0.2) is 4.68 Å². The topological polar surface area (TPSA) is 84.2 Å². The SMILES string of the molecule is CCC(CC)(CNC(=O)c1ccn(-c2cccc(Br)c2)n1)C(=O)O. The molecule has 0 unspecified atom stereocenters. The Bertz CT molecular complexity index is 738. The van der Waals surface area contributed by atoms with Crippen molar-refractivity contribution in [1.82, 2.24) is 15.1 Å². The fraction of sp³-hybridized carbons (Fsp3) is 0.353. The fourth-order valence-electron chi connectivity index (χ4n) is 2.43. The van der Waals surface area contributed by atoms with Crippen molar-refractivity contribution in [2.24, 2.45) is 5.41 Å². The number of benzene rings is 1. The fourth-order valence-corrected chi connectivity index (χ4v) is 2.81. The molecule has 0 saturated heterocycles. The molecular weight excluding hydrogens is 374 g/mol. The molecule has 0 aliphatic heterocycles. The molecule has 2 rings (SSSR count). The zero-order valence-corrected chi connectivity index (χ0v) is 15.2. The molecule has 0 atom stereocenters. The number of carbonyl (C=O) groups is 2. The van der Waals surface area contributed by atoms with Gasteiger partial charge in [0.1, 0.15) is 0 Å². The van der Waals surface area contributed by atoms with Crippen LogP contribution in [0.15, 0.2) is 41.0 Å². The zero-order chi connectivity index (χ0) is 17.7. The van der Waals surface area contributed by atoms with Crippen molar-refractivity contribution in [3.63, 3.8) is 0 Å². The Balaban J connectivity index is 2.10. The molecule has 24 heavy (non-hydrogen) atoms. The summed E-state index contributed by atoms with van der Waals surface area (Å²) < 4.78 is 2.52. The Morgan fingerprint density at radius 2 is 2.00 bits per heavy atom. The molecule has 1 heterocycles. The first-order chi connectivity index (χ1) is 11.4. The number of amides is 1. The van der Waals surface area contributed by atoms with Crippen molar-refractivity contribution in [1.29, 1.82) is 0 Å². The van der Waals surface area contributed by atoms with Crippen LogP contribution < -0.4 is 5.32 Å². The molecule has 2 aromatic rings. The van der Waals surface area contributed by atoms with Gasteiger partial charge in [0.25, 0.3) is 5.91 Å². The molecule has 2 N–H and O–H groups in total. The highest BCUT2D eigenvalue weighted by molar-refractivity contribution is 9.10. The molecule has 0 saturated carbocycles. The van der Waals surface area contributed by atoms with E-state index in [1.54, 1.807) is 16.9 Å². The van der Waals surface area contributed by atoms with Gasteiger partial charge in [-0.2, -0.15) is 5.10 Å². The third-order valence-electron chi connectivity index (χ3n) is 4.29. The second-order valence-electron chi connectivity index (χ2n) is 5.60. The van der Waals surface area contributed by atoms with Crippen LogP contribution in [0.5, 0.6) is 0 Å². The van der Waals surface area contributed by atoms with Crippen LogP contribution in [-0.2, 0) is 4.79 Å². The highest BCUT2D eigenvalue weighted by Crippen LogP contribution is 2.25. The van der Waals surface area contributed by atoms with Crippen LogP contribution in [-0.4, -0.2) is 33.3 Å². The Hall–Kier alpha value is -2.15. The maximum absolute atomic E-state index is 12.3. The molecule has 0 aliphatic carbocycles. The lowest BCUT2D eigenvalue weighted by Gasteiger charge is -2.26. The Morgan fingerprint density at radius 1 is 1.29 bits per heavy atom. The van der Waals surface area contributed by atoms with Crippen molar-refractivity contribution in [3.8, 4) is 5.69 Å². The summed E-state index contributed by atoms with van der Waals surface area (Å²) in [5.74, 6) is -1.27. The van der Waals surface area contributed by atoms with Crippen LogP contribution in [0.25, 0.3) is 5.69 Å². The number of hydrogen-bond acceptors (Lipinski definition) is 3. The Labute approximate surface area is 149 Å². The van der Waals surface area contributed by atoms with E-state index in [1.807, 2.05) is 38.1 Å². The number of carboxylic acid groups (broad SMARTS) is 1. The van der Waals surface area contributed by atoms with Gasteiger partial charge in [0.05, 0.1) is 11.1 Å². The largest absolute Gasteiger partial charge is 0.481 e. The summed E-state index contributed by atoms with van der Waals surface area (Å²) in [6.45, 7) is 3.70. The summed E-state index contributed by atoms with van der Waals surface area (Å²) in [6, 6.07) is 9.16. The molecule has 0 spiro atoms. The first-order valence-corrected chi connectivity index (χ1v) is 8.54. The van der Waals surface area contributed by atoms with Crippen molar-refractivity contribution in [2.45, 2.75) is 26.7 Å². The molecule has 1 amide bonds. The Kier molecular flexibility index (Phi) is 5.77. The van der Waals surface area contributed by atoms with Crippen LogP contribution in [0.1, 0.15) is 37.2 Å². The molecule has 0 bridgehead atoms. The van der Waals surface area contributed by atoms with Crippen molar-refractivity contribution in [2.75, 3.05) is 6.54 Å². The van der Waals surface area contributed by atoms with Gasteiger partial charge in [0, 0.05) is 17.2 Å². The molecule has 0 fully saturated rings. The van der Waals surface area contributed by atoms with E-state index in [4.69, 9.17) is 0 Å². The lowest BCUT2D eigenvalue weighted by Crippen LogP contribution is -2.42. The molecule has 6 nitrogen and oxygen atoms in total. The minimum atomic E-state index is -0.942. The zero-order valence-electron chi connectivity index (χ0n) is 13.6. The number of carbonyl (C=O) groups excluding carboxylic acids is 1. The Morgan fingerprint density at radius 3 is 2.58 bits per heavy atom. The van der Waals surface area contributed by atoms with Crippen LogP contribution in [0.4, 0.5) is 0 Å². The second kappa shape index (κ2) is 7.61. The highest BCUT2D eigenvalue weighted by Gasteiger charge is 2.35. The lowest BCUT2D eigenvalue weighted by molar-refractivity contribution is -0.149. The van der Waals surface area contributed by atoms with E-state index in [-0.39, 0.29) is 18.1 Å². The van der Waals surface area contributed by atoms with Crippen LogP contribution in [0.3, 0.4) is 0 Å². The minimum Gasteiger partial charge on any atom is -0.481 e. The number of halogens is 1. The number of rotatable bonds is 7. The van der Waals surface area contributed by atoms with Crippen LogP contribution in [0.2, 0.25) is 0 Å². The van der Waals surface area contributed by atoms with Gasteiger partial charge in [-0.3, -0.25) is 9.59 Å². The molecule has 7 heteroatoms. The number of aliphatic carboxylic acids is 1. The van der Waals surface area contributed by atoms with E-state index >= 15 is 0 Å². The third kappa shape index (κ3) is 3.84. The number of carboxylic acids is 1. The average Bonchev–Trinajstić information content (AvgIpc) is 3.06. The molecule has 1 aromatic heterocycles. The first kappa shape index (κ1) is 18.2. The van der Waals surface area contributed by atoms with Gasteiger partial charge in [-0.15, -0.1) is 0 Å². The third-order valence-corrected chi connectivity index (χ3v) is 4.78. The number of hydrogen-bond donors (Lipinski definition) is 2. The predicted molar refractivity (Wildman–Crippen MR) is 94.2 cm³/mol. The van der Waals surface area contributed by atoms with E-state index in [1.165, 1.54) is 0 Å². The minimum absolute atomic E-state index is 0.0813. The lowest BCUT2D eigenvalue weighted by atomic mass is 9.82. The highest BCUT2D eigenvalue weighted by atomic mass is 79.9. The van der Waals surface area contributed by atoms with E-state index in [0.29, 0.717) is 12.8 Å². The van der Waals surface area contributed by atoms with Crippen LogP contribution in [0, 0.1) is 5.41 Å². The standard InChI is InChI=1S/C17H20BrN3O3/c1-3-17(4-2,16(23)24)11-19-15(22)14-8-9-21(20-14)13-7-5-6-12(18)10-13/h5-10H,3-4,11H2,1-2H3,(H,19,22)(H,23,24). The monoisotopic (exact) mass is 393 g/mol. The van der Waals surface area contributed by atoms with Gasteiger partial charge in [-0.1, -0.05) is 35.8 Å². The maximum atomic E-state index is 12.3. The quantitative estimate of drug-likeness (QED) is 0.755. The summed E-state index contributed by atoms with van der Waals surface area (Å²) in [4.78, 5) is 23.7. The predicted octanol–water partition coefficient (Wildman–Crippen LogP) is 3.26. The summed E-state index contributed by atoms with van der Waals surface area (Å²) in [5, 5.41) is 16.4. The summed E-state index contributed by atoms with van der Waals surface area (Å²) >= 11 is 3.40. The molecular formula is C17H20BrN3O3. The number of nitrogens with one attached hydrogen (secondary N) is 1. The van der Waals surface area contributed by atoms with Gasteiger partial charge in [-0.05, 0) is 37.1 Å².